The van der Waals surface area contributed by atoms with Crippen LogP contribution < -0.4 is 4.90 Å². The van der Waals surface area contributed by atoms with E-state index in [1.807, 2.05) is 36.4 Å². The highest BCUT2D eigenvalue weighted by Gasteiger charge is 2.45. The number of non-ortho nitro benzene ring substituents is 1. The Morgan fingerprint density at radius 3 is 2.28 bits per heavy atom. The van der Waals surface area contributed by atoms with Gasteiger partial charge in [0.15, 0.2) is 11.5 Å². The smallest absolute Gasteiger partial charge is 0.294 e. The number of aliphatic hydroxyl groups is 1. The Bertz CT molecular complexity index is 1520. The number of nitro groups is 1. The van der Waals surface area contributed by atoms with E-state index in [9.17, 15) is 24.8 Å². The summed E-state index contributed by atoms with van der Waals surface area (Å²) in [5.74, 6) is -1.60. The average Bonchev–Trinajstić information content (AvgIpc) is 3.45. The predicted molar refractivity (Wildman–Crippen MR) is 133 cm³/mol. The molecule has 1 atom stereocenters. The van der Waals surface area contributed by atoms with Gasteiger partial charge in [-0.1, -0.05) is 42.5 Å². The number of rotatable bonds is 6. The van der Waals surface area contributed by atoms with Crippen LogP contribution in [0.1, 0.15) is 27.9 Å². The molecule has 178 valence electrons. The molecule has 0 bridgehead atoms. The molecule has 1 amide bonds. The molecular weight excluding hydrogens is 460 g/mol. The van der Waals surface area contributed by atoms with E-state index in [1.165, 1.54) is 35.2 Å². The lowest BCUT2D eigenvalue weighted by atomic mass is 9.94. The lowest BCUT2D eigenvalue weighted by molar-refractivity contribution is -0.384. The second-order valence-corrected chi connectivity index (χ2v) is 8.34. The Morgan fingerprint density at radius 2 is 1.64 bits per heavy atom. The van der Waals surface area contributed by atoms with Gasteiger partial charge in [-0.25, -0.2) is 0 Å². The molecular formula is C28H20N2O6. The largest absolute Gasteiger partial charge is 0.503 e. The number of amides is 1. The fraction of sp³-hybridized carbons (Fsp3) is 0.0714. The van der Waals surface area contributed by atoms with Gasteiger partial charge < -0.3 is 9.52 Å². The number of nitrogens with zero attached hydrogens (tertiary/aromatic N) is 2. The molecule has 0 spiro atoms. The zero-order valence-corrected chi connectivity index (χ0v) is 19.1. The van der Waals surface area contributed by atoms with Gasteiger partial charge in [-0.2, -0.15) is 0 Å². The van der Waals surface area contributed by atoms with Crippen molar-refractivity contribution in [1.29, 1.82) is 0 Å². The van der Waals surface area contributed by atoms with Crippen molar-refractivity contribution >= 4 is 23.1 Å². The topological polar surface area (TPSA) is 114 Å². The highest BCUT2D eigenvalue weighted by Crippen LogP contribution is 2.43. The van der Waals surface area contributed by atoms with Gasteiger partial charge in [-0.15, -0.1) is 0 Å². The third kappa shape index (κ3) is 3.94. The summed E-state index contributed by atoms with van der Waals surface area (Å²) >= 11 is 0. The Labute approximate surface area is 205 Å². The molecule has 2 heterocycles. The molecule has 1 N–H and O–H groups in total. The normalized spacial score (nSPS) is 15.4. The third-order valence-electron chi connectivity index (χ3n) is 6.07. The number of aryl methyl sites for hydroxylation is 1. The van der Waals surface area contributed by atoms with Crippen LogP contribution in [0.3, 0.4) is 0 Å². The van der Waals surface area contributed by atoms with Crippen LogP contribution in [0.4, 0.5) is 11.4 Å². The molecule has 0 aliphatic carbocycles. The number of benzene rings is 3. The third-order valence-corrected chi connectivity index (χ3v) is 6.07. The average molecular weight is 480 g/mol. The minimum Gasteiger partial charge on any atom is -0.503 e. The van der Waals surface area contributed by atoms with E-state index in [0.29, 0.717) is 17.0 Å². The summed E-state index contributed by atoms with van der Waals surface area (Å²) in [6, 6.07) is 24.4. The van der Waals surface area contributed by atoms with Crippen LogP contribution in [-0.4, -0.2) is 21.7 Å². The van der Waals surface area contributed by atoms with Crippen molar-refractivity contribution < 1.29 is 24.0 Å². The van der Waals surface area contributed by atoms with Crippen LogP contribution in [0.2, 0.25) is 0 Å². The molecule has 1 aliphatic heterocycles. The van der Waals surface area contributed by atoms with Gasteiger partial charge in [0.2, 0.25) is 5.78 Å². The highest BCUT2D eigenvalue weighted by molar-refractivity contribution is 6.20. The van der Waals surface area contributed by atoms with E-state index in [4.69, 9.17) is 4.42 Å². The number of aliphatic hydroxyl groups excluding tert-OH is 1. The van der Waals surface area contributed by atoms with Crippen LogP contribution in [0.15, 0.2) is 107 Å². The number of ketones is 1. The van der Waals surface area contributed by atoms with Crippen molar-refractivity contribution in [3.63, 3.8) is 0 Å². The highest BCUT2D eigenvalue weighted by atomic mass is 16.6. The summed E-state index contributed by atoms with van der Waals surface area (Å²) in [5.41, 5.74) is 2.35. The summed E-state index contributed by atoms with van der Waals surface area (Å²) < 4.78 is 5.48. The summed E-state index contributed by atoms with van der Waals surface area (Å²) in [4.78, 5) is 38.8. The van der Waals surface area contributed by atoms with Crippen molar-refractivity contribution in [2.45, 2.75) is 13.0 Å². The Morgan fingerprint density at radius 1 is 0.944 bits per heavy atom. The van der Waals surface area contributed by atoms with Crippen LogP contribution in [0.25, 0.3) is 11.1 Å². The molecule has 36 heavy (non-hydrogen) atoms. The van der Waals surface area contributed by atoms with E-state index < -0.39 is 28.4 Å². The first kappa shape index (κ1) is 22.8. The standard InChI is InChI=1S/C28H20N2O6/c1-17-10-15-23(36-17)26(31)24-25(19-11-13-21(14-12-19)30(34)35)29(28(33)27(24)32)22-9-5-8-20(16-22)18-6-3-2-4-7-18/h2-16,25,32H,1H3. The second-order valence-electron chi connectivity index (χ2n) is 8.34. The lowest BCUT2D eigenvalue weighted by Gasteiger charge is -2.27. The Balaban J connectivity index is 1.65. The Kier molecular flexibility index (Phi) is 5.69. The number of Topliss-reactive ketones (excluding diaryl/α,β-unsaturated/α-hetero) is 1. The predicted octanol–water partition coefficient (Wildman–Crippen LogP) is 5.95. The number of furan rings is 1. The fourth-order valence-electron chi connectivity index (χ4n) is 4.35. The molecule has 0 fully saturated rings. The number of hydrogen-bond donors (Lipinski definition) is 1. The quantitative estimate of drug-likeness (QED) is 0.207. The lowest BCUT2D eigenvalue weighted by Crippen LogP contribution is -2.31. The maximum absolute atomic E-state index is 13.4. The van der Waals surface area contributed by atoms with E-state index >= 15 is 0 Å². The molecule has 1 aliphatic rings. The van der Waals surface area contributed by atoms with Gasteiger partial charge in [-0.3, -0.25) is 24.6 Å². The minimum absolute atomic E-state index is 0.0198. The molecule has 3 aromatic carbocycles. The first-order chi connectivity index (χ1) is 17.3. The van der Waals surface area contributed by atoms with E-state index in [1.54, 1.807) is 31.2 Å². The first-order valence-electron chi connectivity index (χ1n) is 11.1. The van der Waals surface area contributed by atoms with E-state index in [-0.39, 0.29) is 17.0 Å². The van der Waals surface area contributed by atoms with E-state index in [0.717, 1.165) is 11.1 Å². The second kappa shape index (κ2) is 8.99. The fourth-order valence-corrected chi connectivity index (χ4v) is 4.35. The number of anilines is 1. The zero-order valence-electron chi connectivity index (χ0n) is 19.1. The van der Waals surface area contributed by atoms with Gasteiger partial charge in [0.05, 0.1) is 16.5 Å². The molecule has 1 unspecified atom stereocenters. The molecule has 5 rings (SSSR count). The number of carbonyl (C=O) groups is 2. The summed E-state index contributed by atoms with van der Waals surface area (Å²) in [6.07, 6.45) is 0. The van der Waals surface area contributed by atoms with Crippen molar-refractivity contribution in [2.75, 3.05) is 4.90 Å². The molecule has 4 aromatic rings. The summed E-state index contributed by atoms with van der Waals surface area (Å²) in [5, 5.41) is 22.1. The number of carbonyl (C=O) groups excluding carboxylic acids is 2. The maximum Gasteiger partial charge on any atom is 0.294 e. The molecule has 0 radical (unpaired) electrons. The van der Waals surface area contributed by atoms with Crippen LogP contribution >= 0.6 is 0 Å². The molecule has 1 aromatic heterocycles. The molecule has 8 nitrogen and oxygen atoms in total. The molecule has 8 heteroatoms. The Hall–Kier alpha value is -4.98. The van der Waals surface area contributed by atoms with Crippen LogP contribution in [0, 0.1) is 17.0 Å². The minimum atomic E-state index is -1.03. The van der Waals surface area contributed by atoms with Crippen molar-refractivity contribution in [2.24, 2.45) is 0 Å². The van der Waals surface area contributed by atoms with Crippen LogP contribution in [0.5, 0.6) is 0 Å². The number of nitro benzene ring substituents is 1. The summed E-state index contributed by atoms with van der Waals surface area (Å²) in [7, 11) is 0. The van der Waals surface area contributed by atoms with Crippen molar-refractivity contribution in [3.8, 4) is 11.1 Å². The van der Waals surface area contributed by atoms with Gasteiger partial charge >= 0.3 is 0 Å². The maximum atomic E-state index is 13.4. The van der Waals surface area contributed by atoms with Crippen molar-refractivity contribution in [1.82, 2.24) is 0 Å². The van der Waals surface area contributed by atoms with Gasteiger partial charge in [0, 0.05) is 17.8 Å². The summed E-state index contributed by atoms with van der Waals surface area (Å²) in [6.45, 7) is 1.68. The molecule has 0 saturated heterocycles. The van der Waals surface area contributed by atoms with Gasteiger partial charge in [0.25, 0.3) is 11.6 Å². The van der Waals surface area contributed by atoms with Gasteiger partial charge in [0.1, 0.15) is 5.76 Å². The van der Waals surface area contributed by atoms with Crippen molar-refractivity contribution in [3.05, 3.63) is 130 Å². The first-order valence-corrected chi connectivity index (χ1v) is 11.1. The zero-order chi connectivity index (χ0) is 25.4. The monoisotopic (exact) mass is 480 g/mol. The van der Waals surface area contributed by atoms with Gasteiger partial charge in [-0.05, 0) is 60.0 Å². The SMILES string of the molecule is Cc1ccc(C(=O)C2=C(O)C(=O)N(c3cccc(-c4ccccc4)c3)C2c2ccc([N+](=O)[O-])cc2)o1. The number of hydrogen-bond acceptors (Lipinski definition) is 6. The van der Waals surface area contributed by atoms with Crippen LogP contribution in [-0.2, 0) is 4.79 Å². The molecule has 0 saturated carbocycles. The van der Waals surface area contributed by atoms with E-state index in [2.05, 4.69) is 0 Å².